The van der Waals surface area contributed by atoms with Gasteiger partial charge in [-0.05, 0) is 187 Å². The molecule has 4 N–H and O–H groups in total. The van der Waals surface area contributed by atoms with E-state index >= 15 is 0 Å². The van der Waals surface area contributed by atoms with E-state index in [1.165, 1.54) is 150 Å². The Labute approximate surface area is 515 Å². The van der Waals surface area contributed by atoms with Gasteiger partial charge in [-0.3, -0.25) is 9.98 Å². The maximum Gasteiger partial charge on any atom is 2.00 e. The van der Waals surface area contributed by atoms with Crippen LogP contribution < -0.4 is 10.2 Å². The third-order valence-electron chi connectivity index (χ3n) is 15.1. The summed E-state index contributed by atoms with van der Waals surface area (Å²) in [5.74, 6) is -5.12. The summed E-state index contributed by atoms with van der Waals surface area (Å²) < 4.78 is 0. The number of carbonyl (C=O) groups is 2. The normalized spacial score (nSPS) is 11.6. The van der Waals surface area contributed by atoms with Crippen LogP contribution in [-0.4, -0.2) is 43.8 Å². The van der Waals surface area contributed by atoms with Crippen LogP contribution in [0.2, 0.25) is 0 Å². The SMILES string of the molecule is CCCCCCCC=CCCCc1ccccc1N=C(CCCC)C(CCCCCC)=Nc1ccccc1CCCC=CCCCCCCC.CCCCc1cc(O)c([O-])c(C(=O)O)c1C.CCCCc1cc(O)c([O-])c(C(=O)O)c1C.[Pd+2]. The molecule has 11 heteroatoms. The number of hydrogen-bond acceptors (Lipinski definition) is 8. The van der Waals surface area contributed by atoms with Gasteiger partial charge in [0, 0.05) is 0 Å². The van der Waals surface area contributed by atoms with Crippen LogP contribution in [0.4, 0.5) is 11.4 Å². The van der Waals surface area contributed by atoms with Gasteiger partial charge in [0.1, 0.15) is 11.5 Å². The number of rotatable bonds is 39. The van der Waals surface area contributed by atoms with Crippen LogP contribution in [-0.2, 0) is 46.1 Å². The zero-order chi connectivity index (χ0) is 60.3. The molecule has 0 aromatic heterocycles. The molecule has 0 saturated heterocycles. The maximum absolute atomic E-state index is 11.4. The van der Waals surface area contributed by atoms with E-state index in [4.69, 9.17) is 20.2 Å². The molecule has 0 bridgehead atoms. The van der Waals surface area contributed by atoms with Gasteiger partial charge in [-0.25, -0.2) is 9.59 Å². The Balaban J connectivity index is 0.000000840. The molecule has 0 saturated carbocycles. The van der Waals surface area contributed by atoms with Crippen molar-refractivity contribution in [1.82, 2.24) is 0 Å². The number of aryl methyl sites for hydroxylation is 4. The summed E-state index contributed by atoms with van der Waals surface area (Å²) >= 11 is 0. The van der Waals surface area contributed by atoms with Crippen molar-refractivity contribution in [3.63, 3.8) is 0 Å². The Bertz CT molecular complexity index is 2480. The number of carboxylic acids is 2. The molecule has 0 amide bonds. The second-order valence-corrected chi connectivity index (χ2v) is 22.0. The molecule has 0 heterocycles. The fraction of sp³-hybridized carbons (Fsp3) is 0.556. The second kappa shape index (κ2) is 46.8. The van der Waals surface area contributed by atoms with Crippen LogP contribution in [0.25, 0.3) is 0 Å². The average Bonchev–Trinajstić information content (AvgIpc) is 3.65. The Morgan fingerprint density at radius 3 is 1.10 bits per heavy atom. The quantitative estimate of drug-likeness (QED) is 0.0147. The van der Waals surface area contributed by atoms with Gasteiger partial charge < -0.3 is 30.6 Å². The molecule has 10 nitrogen and oxygen atoms in total. The Hall–Kier alpha value is -5.50. The van der Waals surface area contributed by atoms with Crippen LogP contribution in [0.5, 0.6) is 23.0 Å². The largest absolute Gasteiger partial charge is 2.00 e. The number of carboxylic acid groups (broad SMARTS) is 2. The Kier molecular flexibility index (Phi) is 42.6. The van der Waals surface area contributed by atoms with Gasteiger partial charge in [0.2, 0.25) is 0 Å². The molecule has 0 spiro atoms. The summed E-state index contributed by atoms with van der Waals surface area (Å²) in [5, 5.41) is 59.4. The number of para-hydroxylation sites is 2. The fourth-order valence-electron chi connectivity index (χ4n) is 9.93. The molecule has 4 rings (SSSR count). The van der Waals surface area contributed by atoms with Crippen molar-refractivity contribution in [1.29, 1.82) is 0 Å². The zero-order valence-electron chi connectivity index (χ0n) is 52.3. The number of aliphatic imine (C=N–C) groups is 2. The first-order valence-electron chi connectivity index (χ1n) is 31.8. The standard InChI is InChI=1S/C48H76N2.2C12H16O4.Pd/c1-5-9-13-16-18-20-22-24-26-28-35-43-37-31-33-40-45(43)49-47(39-12-8-4)48(42-30-15-11-7-3)50-46-41-34-32-38-44(46)36-29-27-25-23-21-19-17-14-10-6-2;2*1-3-4-5-8-6-9(13)11(14)10(7(8)2)12(15)16;/h22-25,31-34,37-38,40-41H,5-21,26-30,35-36,39,42H2,1-4H3;2*6,13-14H,3-5H2,1-2H3,(H,15,16);/q;;;+2/p-2. The van der Waals surface area contributed by atoms with E-state index in [0.29, 0.717) is 24.0 Å². The van der Waals surface area contributed by atoms with Gasteiger partial charge in [0.05, 0.1) is 33.9 Å². The van der Waals surface area contributed by atoms with Crippen molar-refractivity contribution in [3.05, 3.63) is 129 Å². The first-order valence-corrected chi connectivity index (χ1v) is 31.8. The topological polar surface area (TPSA) is 186 Å². The van der Waals surface area contributed by atoms with Crippen molar-refractivity contribution >= 4 is 34.7 Å². The predicted octanol–water partition coefficient (Wildman–Crippen LogP) is 19.8. The van der Waals surface area contributed by atoms with Gasteiger partial charge >= 0.3 is 32.4 Å². The summed E-state index contributed by atoms with van der Waals surface area (Å²) in [4.78, 5) is 32.8. The minimum atomic E-state index is -1.28. The number of aromatic hydroxyl groups is 2. The molecule has 0 fully saturated rings. The van der Waals surface area contributed by atoms with Gasteiger partial charge in [0.25, 0.3) is 0 Å². The van der Waals surface area contributed by atoms with Crippen molar-refractivity contribution in [2.45, 2.75) is 261 Å². The van der Waals surface area contributed by atoms with E-state index in [9.17, 15) is 30.0 Å². The van der Waals surface area contributed by atoms with Gasteiger partial charge in [-0.2, -0.15) is 0 Å². The molecule has 0 atom stereocenters. The number of phenols is 2. The number of benzene rings is 4. The molecular formula is C72H106N2O8Pd. The summed E-state index contributed by atoms with van der Waals surface area (Å²) in [6, 6.07) is 20.5. The van der Waals surface area contributed by atoms with Gasteiger partial charge in [-0.15, -0.1) is 0 Å². The summed E-state index contributed by atoms with van der Waals surface area (Å²) in [5.41, 5.74) is 9.21. The van der Waals surface area contributed by atoms with E-state index in [0.717, 1.165) is 99.6 Å². The number of allylic oxidation sites excluding steroid dienone is 4. The van der Waals surface area contributed by atoms with Gasteiger partial charge in [0.15, 0.2) is 0 Å². The van der Waals surface area contributed by atoms with E-state index in [-0.39, 0.29) is 31.5 Å². The first-order chi connectivity index (χ1) is 39.7. The van der Waals surface area contributed by atoms with Crippen LogP contribution in [0, 0.1) is 13.8 Å². The van der Waals surface area contributed by atoms with E-state index in [2.05, 4.69) is 101 Å². The Morgan fingerprint density at radius 2 is 0.735 bits per heavy atom. The number of phenolic OH excluding ortho intramolecular Hbond substituents is 2. The zero-order valence-corrected chi connectivity index (χ0v) is 53.9. The molecule has 0 aliphatic heterocycles. The second-order valence-electron chi connectivity index (χ2n) is 22.0. The van der Waals surface area contributed by atoms with Gasteiger partial charge in [-0.1, -0.05) is 204 Å². The van der Waals surface area contributed by atoms with Crippen molar-refractivity contribution < 1.29 is 60.7 Å². The average molecular weight is 1230 g/mol. The third-order valence-corrected chi connectivity index (χ3v) is 15.1. The predicted molar refractivity (Wildman–Crippen MR) is 342 cm³/mol. The molecule has 462 valence electrons. The van der Waals surface area contributed by atoms with Crippen LogP contribution >= 0.6 is 0 Å². The molecule has 0 aliphatic rings. The van der Waals surface area contributed by atoms with Crippen molar-refractivity contribution in [3.8, 4) is 23.0 Å². The first kappa shape index (κ1) is 75.5. The smallest absolute Gasteiger partial charge is 0.869 e. The molecule has 0 radical (unpaired) electrons. The molecule has 4 aromatic rings. The number of hydrogen-bond donors (Lipinski definition) is 4. The Morgan fingerprint density at radius 1 is 0.422 bits per heavy atom. The molecular weight excluding hydrogens is 1130 g/mol. The third kappa shape index (κ3) is 30.2. The van der Waals surface area contributed by atoms with Crippen LogP contribution in [0.3, 0.4) is 0 Å². The maximum atomic E-state index is 11.4. The number of nitrogens with zero attached hydrogens (tertiary/aromatic N) is 2. The molecule has 4 aromatic carbocycles. The van der Waals surface area contributed by atoms with Crippen molar-refractivity contribution in [2.75, 3.05) is 0 Å². The van der Waals surface area contributed by atoms with E-state index < -0.39 is 34.9 Å². The van der Waals surface area contributed by atoms with Crippen molar-refractivity contribution in [2.24, 2.45) is 9.98 Å². The molecule has 0 aliphatic carbocycles. The molecule has 0 unspecified atom stereocenters. The minimum Gasteiger partial charge on any atom is -0.869 e. The van der Waals surface area contributed by atoms with E-state index in [1.54, 1.807) is 13.8 Å². The van der Waals surface area contributed by atoms with Crippen LogP contribution in [0.15, 0.2) is 95.0 Å². The monoisotopic (exact) mass is 1230 g/mol. The van der Waals surface area contributed by atoms with Crippen LogP contribution in [0.1, 0.15) is 275 Å². The summed E-state index contributed by atoms with van der Waals surface area (Å²) in [6.45, 7) is 16.4. The minimum absolute atomic E-state index is 0. The summed E-state index contributed by atoms with van der Waals surface area (Å²) in [6.07, 6.45) is 46.8. The number of aromatic carboxylic acids is 2. The number of unbranched alkanes of at least 4 members (excludes halogenated alkanes) is 18. The van der Waals surface area contributed by atoms with E-state index in [1.807, 2.05) is 13.8 Å². The molecule has 83 heavy (non-hydrogen) atoms. The fourth-order valence-corrected chi connectivity index (χ4v) is 9.93. The summed E-state index contributed by atoms with van der Waals surface area (Å²) in [7, 11) is 0.